The maximum absolute atomic E-state index is 4.48. The Morgan fingerprint density at radius 2 is 2.15 bits per heavy atom. The number of hydrogen-bond donors (Lipinski definition) is 1. The Labute approximate surface area is 119 Å². The molecule has 6 heteroatoms. The summed E-state index contributed by atoms with van der Waals surface area (Å²) in [7, 11) is 0. The monoisotopic (exact) mass is 274 g/mol. The van der Waals surface area contributed by atoms with Crippen molar-refractivity contribution in [3.05, 3.63) is 29.6 Å². The van der Waals surface area contributed by atoms with Gasteiger partial charge in [0.2, 0.25) is 0 Å². The Morgan fingerprint density at radius 1 is 1.35 bits per heavy atom. The molecule has 1 saturated carbocycles. The zero-order valence-electron chi connectivity index (χ0n) is 12.4. The molecule has 0 spiro atoms. The topological polar surface area (TPSA) is 60.6 Å². The predicted molar refractivity (Wildman–Crippen MR) is 76.3 cm³/mol. The van der Waals surface area contributed by atoms with Crippen LogP contribution >= 0.6 is 0 Å². The minimum Gasteiger partial charge on any atom is -0.310 e. The van der Waals surface area contributed by atoms with Gasteiger partial charge < -0.3 is 5.32 Å². The van der Waals surface area contributed by atoms with Crippen molar-refractivity contribution in [1.29, 1.82) is 0 Å². The molecule has 0 bridgehead atoms. The van der Waals surface area contributed by atoms with Gasteiger partial charge in [0.15, 0.2) is 0 Å². The summed E-state index contributed by atoms with van der Waals surface area (Å²) in [4.78, 5) is 4.34. The molecule has 2 aromatic rings. The summed E-state index contributed by atoms with van der Waals surface area (Å²) in [6.45, 7) is 7.92. The van der Waals surface area contributed by atoms with E-state index in [9.17, 15) is 0 Å². The summed E-state index contributed by atoms with van der Waals surface area (Å²) < 4.78 is 3.95. The maximum Gasteiger partial charge on any atom is 0.148 e. The summed E-state index contributed by atoms with van der Waals surface area (Å²) in [6, 6.07) is 1.04. The molecule has 0 radical (unpaired) electrons. The van der Waals surface area contributed by atoms with Crippen molar-refractivity contribution < 1.29 is 0 Å². The van der Waals surface area contributed by atoms with E-state index in [1.54, 1.807) is 6.33 Å². The first-order chi connectivity index (χ1) is 9.65. The van der Waals surface area contributed by atoms with Gasteiger partial charge in [0.25, 0.3) is 0 Å². The van der Waals surface area contributed by atoms with Gasteiger partial charge in [-0.05, 0) is 33.6 Å². The van der Waals surface area contributed by atoms with Crippen LogP contribution in [0, 0.1) is 6.92 Å². The van der Waals surface area contributed by atoms with Crippen molar-refractivity contribution in [2.24, 2.45) is 0 Å². The number of aromatic nitrogens is 5. The van der Waals surface area contributed by atoms with E-state index < -0.39 is 0 Å². The van der Waals surface area contributed by atoms with Crippen LogP contribution in [-0.2, 0) is 13.1 Å². The van der Waals surface area contributed by atoms with E-state index in [0.29, 0.717) is 12.6 Å². The first kappa shape index (κ1) is 13.3. The van der Waals surface area contributed by atoms with E-state index in [2.05, 4.69) is 41.3 Å². The van der Waals surface area contributed by atoms with E-state index in [-0.39, 0.29) is 0 Å². The zero-order valence-corrected chi connectivity index (χ0v) is 12.4. The van der Waals surface area contributed by atoms with Gasteiger partial charge in [0.05, 0.1) is 6.20 Å². The number of hydrogen-bond acceptors (Lipinski definition) is 4. The molecule has 0 unspecified atom stereocenters. The summed E-state index contributed by atoms with van der Waals surface area (Å²) >= 11 is 0. The summed E-state index contributed by atoms with van der Waals surface area (Å²) in [5.74, 6) is 0.952. The van der Waals surface area contributed by atoms with Crippen LogP contribution in [0.5, 0.6) is 0 Å². The van der Waals surface area contributed by atoms with E-state index in [4.69, 9.17) is 0 Å². The fraction of sp³-hybridized carbons (Fsp3) is 0.643. The normalized spacial score (nSPS) is 15.2. The highest BCUT2D eigenvalue weighted by molar-refractivity contribution is 5.17. The first-order valence-corrected chi connectivity index (χ1v) is 7.28. The standard InChI is InChI=1S/C14H22N6/c1-10(2)20-14(16-9-18-20)8-19-11(3)12(7-17-19)6-15-13-4-5-13/h7,9-10,13,15H,4-6,8H2,1-3H3. The van der Waals surface area contributed by atoms with Crippen molar-refractivity contribution in [1.82, 2.24) is 29.9 Å². The van der Waals surface area contributed by atoms with Crippen LogP contribution in [0.25, 0.3) is 0 Å². The molecule has 2 aromatic heterocycles. The van der Waals surface area contributed by atoms with Gasteiger partial charge in [-0.1, -0.05) is 0 Å². The van der Waals surface area contributed by atoms with Crippen molar-refractivity contribution >= 4 is 0 Å². The molecular weight excluding hydrogens is 252 g/mol. The quantitative estimate of drug-likeness (QED) is 0.870. The molecular formula is C14H22N6. The van der Waals surface area contributed by atoms with Crippen LogP contribution < -0.4 is 5.32 Å². The van der Waals surface area contributed by atoms with Gasteiger partial charge in [0, 0.05) is 29.9 Å². The number of rotatable bonds is 6. The third-order valence-electron chi connectivity index (χ3n) is 3.79. The lowest BCUT2D eigenvalue weighted by Crippen LogP contribution is -2.16. The minimum atomic E-state index is 0.319. The molecule has 108 valence electrons. The lowest BCUT2D eigenvalue weighted by atomic mass is 10.2. The summed E-state index contributed by atoms with van der Waals surface area (Å²) in [5.41, 5.74) is 2.48. The molecule has 0 aromatic carbocycles. The van der Waals surface area contributed by atoms with Gasteiger partial charge in [-0.25, -0.2) is 9.67 Å². The van der Waals surface area contributed by atoms with Gasteiger partial charge >= 0.3 is 0 Å². The Balaban J connectivity index is 1.71. The Hall–Kier alpha value is -1.69. The summed E-state index contributed by atoms with van der Waals surface area (Å²) in [6.07, 6.45) is 6.19. The van der Waals surface area contributed by atoms with E-state index in [1.165, 1.54) is 24.1 Å². The molecule has 0 amide bonds. The second kappa shape index (κ2) is 5.36. The SMILES string of the molecule is Cc1c(CNC2CC2)cnn1Cc1ncnn1C(C)C. The second-order valence-corrected chi connectivity index (χ2v) is 5.78. The maximum atomic E-state index is 4.48. The molecule has 1 aliphatic rings. The fourth-order valence-electron chi connectivity index (χ4n) is 2.31. The zero-order chi connectivity index (χ0) is 14.1. The number of nitrogens with one attached hydrogen (secondary N) is 1. The van der Waals surface area contributed by atoms with Gasteiger partial charge in [-0.15, -0.1) is 0 Å². The van der Waals surface area contributed by atoms with Crippen molar-refractivity contribution in [3.8, 4) is 0 Å². The van der Waals surface area contributed by atoms with Gasteiger partial charge in [-0.2, -0.15) is 10.2 Å². The van der Waals surface area contributed by atoms with Gasteiger partial charge in [-0.3, -0.25) is 4.68 Å². The molecule has 0 aliphatic heterocycles. The van der Waals surface area contributed by atoms with Crippen molar-refractivity contribution in [2.45, 2.75) is 58.8 Å². The molecule has 1 aliphatic carbocycles. The molecule has 6 nitrogen and oxygen atoms in total. The smallest absolute Gasteiger partial charge is 0.148 e. The van der Waals surface area contributed by atoms with Crippen LogP contribution in [0.3, 0.4) is 0 Å². The molecule has 1 fully saturated rings. The molecule has 2 heterocycles. The van der Waals surface area contributed by atoms with Gasteiger partial charge in [0.1, 0.15) is 18.7 Å². The number of nitrogens with zero attached hydrogens (tertiary/aromatic N) is 5. The predicted octanol–water partition coefficient (Wildman–Crippen LogP) is 1.66. The van der Waals surface area contributed by atoms with E-state index >= 15 is 0 Å². The minimum absolute atomic E-state index is 0.319. The molecule has 0 atom stereocenters. The van der Waals surface area contributed by atoms with Crippen LogP contribution in [-0.4, -0.2) is 30.6 Å². The fourth-order valence-corrected chi connectivity index (χ4v) is 2.31. The largest absolute Gasteiger partial charge is 0.310 e. The highest BCUT2D eigenvalue weighted by Crippen LogP contribution is 2.20. The Bertz CT molecular complexity index is 578. The Morgan fingerprint density at radius 3 is 2.85 bits per heavy atom. The van der Waals surface area contributed by atoms with E-state index in [0.717, 1.165) is 18.4 Å². The average molecular weight is 274 g/mol. The molecule has 1 N–H and O–H groups in total. The third-order valence-corrected chi connectivity index (χ3v) is 3.79. The Kier molecular flexibility index (Phi) is 3.56. The molecule has 20 heavy (non-hydrogen) atoms. The highest BCUT2D eigenvalue weighted by atomic mass is 15.4. The second-order valence-electron chi connectivity index (χ2n) is 5.78. The lowest BCUT2D eigenvalue weighted by Gasteiger charge is -2.10. The summed E-state index contributed by atoms with van der Waals surface area (Å²) in [5, 5.41) is 12.3. The average Bonchev–Trinajstić information content (AvgIpc) is 3.02. The van der Waals surface area contributed by atoms with Crippen molar-refractivity contribution in [3.63, 3.8) is 0 Å². The van der Waals surface area contributed by atoms with Crippen LogP contribution in [0.15, 0.2) is 12.5 Å². The lowest BCUT2D eigenvalue weighted by molar-refractivity contribution is 0.485. The molecule has 0 saturated heterocycles. The highest BCUT2D eigenvalue weighted by Gasteiger charge is 2.21. The van der Waals surface area contributed by atoms with Crippen molar-refractivity contribution in [2.75, 3.05) is 0 Å². The van der Waals surface area contributed by atoms with Crippen LogP contribution in [0.2, 0.25) is 0 Å². The van der Waals surface area contributed by atoms with Crippen LogP contribution in [0.4, 0.5) is 0 Å². The first-order valence-electron chi connectivity index (χ1n) is 7.28. The molecule has 3 rings (SSSR count). The van der Waals surface area contributed by atoms with Crippen LogP contribution in [0.1, 0.15) is 49.8 Å². The third kappa shape index (κ3) is 2.75. The van der Waals surface area contributed by atoms with E-state index in [1.807, 2.05) is 15.6 Å².